The minimum absolute atomic E-state index is 0.0722. The van der Waals surface area contributed by atoms with Gasteiger partial charge in [0.05, 0.1) is 11.2 Å². The van der Waals surface area contributed by atoms with Crippen molar-refractivity contribution in [2.45, 2.75) is 50.6 Å². The highest BCUT2D eigenvalue weighted by Gasteiger charge is 2.34. The summed E-state index contributed by atoms with van der Waals surface area (Å²) in [7, 11) is 3.58. The highest BCUT2D eigenvalue weighted by atomic mass is 16.7. The number of aromatic nitrogens is 2. The molecule has 1 aromatic carbocycles. The van der Waals surface area contributed by atoms with E-state index in [-0.39, 0.29) is 29.7 Å². The molecule has 0 spiro atoms. The van der Waals surface area contributed by atoms with Gasteiger partial charge in [0, 0.05) is 44.5 Å². The molecule has 0 bridgehead atoms. The second-order valence-corrected chi connectivity index (χ2v) is 10.6. The third-order valence-corrected chi connectivity index (χ3v) is 8.29. The molecule has 194 valence electrons. The SMILES string of the molecule is CN(c1c(C#N)c(=O)n(C)c2ccc(C#N)nc12)C1CCC(N(CC2CC2)c2ccc3c(c2)OCO3)CC1. The van der Waals surface area contributed by atoms with Crippen LogP contribution in [0.25, 0.3) is 11.0 Å². The van der Waals surface area contributed by atoms with Crippen LogP contribution in [0.15, 0.2) is 35.1 Å². The number of benzene rings is 1. The number of aryl methyl sites for hydroxylation is 1. The fourth-order valence-electron chi connectivity index (χ4n) is 5.95. The van der Waals surface area contributed by atoms with Gasteiger partial charge in [-0.3, -0.25) is 4.79 Å². The maximum Gasteiger partial charge on any atom is 0.270 e. The molecule has 3 aliphatic rings. The Bertz CT molecular complexity index is 1540. The van der Waals surface area contributed by atoms with Crippen LogP contribution in [0.3, 0.4) is 0 Å². The van der Waals surface area contributed by atoms with Crippen molar-refractivity contribution in [3.05, 3.63) is 51.9 Å². The van der Waals surface area contributed by atoms with Crippen molar-refractivity contribution in [3.8, 4) is 23.6 Å². The second-order valence-electron chi connectivity index (χ2n) is 10.6. The number of hydrogen-bond donors (Lipinski definition) is 0. The zero-order valence-electron chi connectivity index (χ0n) is 21.7. The van der Waals surface area contributed by atoms with E-state index in [4.69, 9.17) is 9.47 Å². The minimum Gasteiger partial charge on any atom is -0.454 e. The van der Waals surface area contributed by atoms with Crippen molar-refractivity contribution in [1.82, 2.24) is 9.55 Å². The first-order chi connectivity index (χ1) is 18.5. The van der Waals surface area contributed by atoms with Crippen LogP contribution in [0, 0.1) is 28.6 Å². The standard InChI is InChI=1S/C29H30N6O3/c1-33(28-23(15-31)29(36)34(2)24-11-5-19(14-30)32-27(24)28)20-6-8-21(9-7-20)35(16-18-3-4-18)22-10-12-25-26(13-22)38-17-37-25/h5,10-13,18,20-21H,3-4,6-9,16-17H2,1-2H3. The van der Waals surface area contributed by atoms with Gasteiger partial charge in [0.1, 0.15) is 28.9 Å². The van der Waals surface area contributed by atoms with Gasteiger partial charge in [0.2, 0.25) is 6.79 Å². The molecule has 2 aromatic heterocycles. The quantitative estimate of drug-likeness (QED) is 0.488. The van der Waals surface area contributed by atoms with Crippen LogP contribution < -0.4 is 24.8 Å². The summed E-state index contributed by atoms with van der Waals surface area (Å²) in [6, 6.07) is 14.3. The Morgan fingerprint density at radius 3 is 2.45 bits per heavy atom. The Hall–Kier alpha value is -4.24. The zero-order valence-corrected chi connectivity index (χ0v) is 21.7. The van der Waals surface area contributed by atoms with Crippen LogP contribution in [-0.4, -0.2) is 42.0 Å². The summed E-state index contributed by atoms with van der Waals surface area (Å²) < 4.78 is 12.6. The van der Waals surface area contributed by atoms with E-state index in [2.05, 4.69) is 39.1 Å². The van der Waals surface area contributed by atoms with Gasteiger partial charge in [-0.15, -0.1) is 0 Å². The molecule has 1 aliphatic heterocycles. The number of anilines is 2. The molecule has 0 radical (unpaired) electrons. The summed E-state index contributed by atoms with van der Waals surface area (Å²) in [5.41, 5.74) is 2.82. The van der Waals surface area contributed by atoms with Gasteiger partial charge < -0.3 is 23.8 Å². The molecule has 6 rings (SSSR count). The topological polar surface area (TPSA) is 107 Å². The number of hydrogen-bond acceptors (Lipinski definition) is 8. The van der Waals surface area contributed by atoms with Crippen molar-refractivity contribution < 1.29 is 9.47 Å². The van der Waals surface area contributed by atoms with Crippen molar-refractivity contribution in [2.75, 3.05) is 30.2 Å². The first kappa shape index (κ1) is 24.1. The summed E-state index contributed by atoms with van der Waals surface area (Å²) in [5.74, 6) is 2.35. The Morgan fingerprint density at radius 2 is 1.74 bits per heavy atom. The predicted octanol–water partition coefficient (Wildman–Crippen LogP) is 4.07. The van der Waals surface area contributed by atoms with E-state index < -0.39 is 0 Å². The van der Waals surface area contributed by atoms with Crippen molar-refractivity contribution in [1.29, 1.82) is 10.5 Å². The van der Waals surface area contributed by atoms with E-state index in [9.17, 15) is 15.3 Å². The lowest BCUT2D eigenvalue weighted by Crippen LogP contribution is -2.44. The number of rotatable bonds is 6. The molecule has 38 heavy (non-hydrogen) atoms. The van der Waals surface area contributed by atoms with Crippen LogP contribution in [0.2, 0.25) is 0 Å². The van der Waals surface area contributed by atoms with Crippen LogP contribution in [0.1, 0.15) is 49.8 Å². The summed E-state index contributed by atoms with van der Waals surface area (Å²) in [6.07, 6.45) is 6.40. The fraction of sp³-hybridized carbons (Fsp3) is 0.448. The summed E-state index contributed by atoms with van der Waals surface area (Å²) >= 11 is 0. The monoisotopic (exact) mass is 510 g/mol. The number of nitrogens with zero attached hydrogens (tertiary/aromatic N) is 6. The predicted molar refractivity (Wildman–Crippen MR) is 143 cm³/mol. The molecule has 3 aromatic rings. The van der Waals surface area contributed by atoms with Crippen LogP contribution in [0.5, 0.6) is 11.5 Å². The Kier molecular flexibility index (Phi) is 6.07. The van der Waals surface area contributed by atoms with Crippen molar-refractivity contribution in [2.24, 2.45) is 13.0 Å². The minimum atomic E-state index is -0.347. The van der Waals surface area contributed by atoms with E-state index in [0.717, 1.165) is 49.6 Å². The van der Waals surface area contributed by atoms with Gasteiger partial charge in [-0.05, 0) is 68.7 Å². The first-order valence-electron chi connectivity index (χ1n) is 13.2. The van der Waals surface area contributed by atoms with E-state index in [1.165, 1.54) is 23.1 Å². The average molecular weight is 511 g/mol. The van der Waals surface area contributed by atoms with Crippen LogP contribution >= 0.6 is 0 Å². The van der Waals surface area contributed by atoms with Crippen molar-refractivity contribution in [3.63, 3.8) is 0 Å². The van der Waals surface area contributed by atoms with Gasteiger partial charge in [-0.25, -0.2) is 4.98 Å². The molecule has 3 heterocycles. The number of nitriles is 2. The zero-order chi connectivity index (χ0) is 26.4. The van der Waals surface area contributed by atoms with Gasteiger partial charge in [0.15, 0.2) is 11.5 Å². The van der Waals surface area contributed by atoms with E-state index in [0.29, 0.717) is 22.8 Å². The van der Waals surface area contributed by atoms with Gasteiger partial charge in [-0.1, -0.05) is 0 Å². The second kappa shape index (κ2) is 9.57. The highest BCUT2D eigenvalue weighted by Crippen LogP contribution is 2.41. The molecular weight excluding hydrogens is 480 g/mol. The number of ether oxygens (including phenoxy) is 2. The first-order valence-corrected chi connectivity index (χ1v) is 13.2. The molecule has 0 amide bonds. The molecule has 9 heteroatoms. The maximum absolute atomic E-state index is 13.1. The number of fused-ring (bicyclic) bond motifs is 2. The maximum atomic E-state index is 13.1. The third-order valence-electron chi connectivity index (χ3n) is 8.29. The molecule has 2 aliphatic carbocycles. The van der Waals surface area contributed by atoms with E-state index in [1.54, 1.807) is 19.2 Å². The molecule has 2 fully saturated rings. The number of pyridine rings is 2. The van der Waals surface area contributed by atoms with E-state index in [1.807, 2.05) is 13.1 Å². The van der Waals surface area contributed by atoms with E-state index >= 15 is 0 Å². The smallest absolute Gasteiger partial charge is 0.270 e. The molecule has 0 atom stereocenters. The van der Waals surface area contributed by atoms with Crippen molar-refractivity contribution >= 4 is 22.4 Å². The third kappa shape index (κ3) is 4.18. The molecule has 0 unspecified atom stereocenters. The summed E-state index contributed by atoms with van der Waals surface area (Å²) in [5, 5.41) is 19.4. The Balaban J connectivity index is 1.27. The van der Waals surface area contributed by atoms with Gasteiger partial charge >= 0.3 is 0 Å². The lowest BCUT2D eigenvalue weighted by molar-refractivity contribution is 0.174. The van der Waals surface area contributed by atoms with Crippen LogP contribution in [-0.2, 0) is 7.05 Å². The normalized spacial score (nSPS) is 20.1. The Morgan fingerprint density at radius 1 is 1.00 bits per heavy atom. The molecule has 0 N–H and O–H groups in total. The Labute approximate surface area is 221 Å². The largest absolute Gasteiger partial charge is 0.454 e. The highest BCUT2D eigenvalue weighted by molar-refractivity contribution is 5.92. The average Bonchev–Trinajstić information content (AvgIpc) is 3.66. The van der Waals surface area contributed by atoms with Crippen LogP contribution in [0.4, 0.5) is 11.4 Å². The molecule has 9 nitrogen and oxygen atoms in total. The van der Waals surface area contributed by atoms with Gasteiger partial charge in [-0.2, -0.15) is 10.5 Å². The summed E-state index contributed by atoms with van der Waals surface area (Å²) in [4.78, 5) is 22.2. The fourth-order valence-corrected chi connectivity index (χ4v) is 5.95. The summed E-state index contributed by atoms with van der Waals surface area (Å²) in [6.45, 7) is 1.31. The molecule has 0 saturated heterocycles. The lowest BCUT2D eigenvalue weighted by Gasteiger charge is -2.41. The molecular formula is C29H30N6O3. The lowest BCUT2D eigenvalue weighted by atomic mass is 9.88. The molecule has 2 saturated carbocycles. The van der Waals surface area contributed by atoms with Gasteiger partial charge in [0.25, 0.3) is 5.56 Å².